The molecule has 0 N–H and O–H groups in total. The minimum absolute atomic E-state index is 0. The smallest absolute Gasteiger partial charge is 0.0814 e. The molecule has 0 aliphatic carbocycles. The Labute approximate surface area is 40.5 Å². The molecule has 0 spiro atoms. The van der Waals surface area contributed by atoms with Crippen LogP contribution in [0.25, 0.3) is 0 Å². The van der Waals surface area contributed by atoms with Crippen molar-refractivity contribution in [3.8, 4) is 0 Å². The highest BCUT2D eigenvalue weighted by Gasteiger charge is 0.0834. The highest BCUT2D eigenvalue weighted by Crippen LogP contribution is 0.422. The molecule has 0 nitrogen and oxygen atoms in total. The predicted molar refractivity (Wildman–Crippen MR) is 37.3 cm³/mol. The SMILES string of the molecule is B.B.B.F.F.F. The van der Waals surface area contributed by atoms with Crippen molar-refractivity contribution in [3.05, 3.63) is 0 Å². The van der Waals surface area contributed by atoms with E-state index in [2.05, 4.69) is 0 Å². The third-order valence-electron chi connectivity index (χ3n) is 0. The van der Waals surface area contributed by atoms with Gasteiger partial charge < -0.3 is 0 Å². The van der Waals surface area contributed by atoms with Crippen LogP contribution in [0.5, 0.6) is 0 Å². The minimum Gasteiger partial charge on any atom is -0.269 e. The Morgan fingerprint density at radius 3 is 0.333 bits per heavy atom. The van der Waals surface area contributed by atoms with Gasteiger partial charge in [0.1, 0.15) is 0 Å². The van der Waals surface area contributed by atoms with Gasteiger partial charge in [0, 0.05) is 0 Å². The quantitative estimate of drug-likeness (QED) is 0.284. The first-order valence-corrected chi connectivity index (χ1v) is 0. The summed E-state index contributed by atoms with van der Waals surface area (Å²) in [5, 5.41) is 0. The maximum atomic E-state index is 0. The van der Waals surface area contributed by atoms with Gasteiger partial charge in [0.05, 0.1) is 25.2 Å². The van der Waals surface area contributed by atoms with Crippen LogP contribution in [0.1, 0.15) is 0 Å². The zero-order valence-corrected chi connectivity index (χ0v) is 1.22. The predicted octanol–water partition coefficient (Wildman–Crippen LogP) is -3.09. The molecule has 0 amide bonds. The average Bonchev–Trinajstić information content (AvgIpc) is 0. The van der Waals surface area contributed by atoms with Gasteiger partial charge in [0.25, 0.3) is 0 Å². The molecule has 0 fully saturated rings. The molecule has 0 aliphatic rings. The molecule has 0 saturated carbocycles. The lowest BCUT2D eigenvalue weighted by Gasteiger charge is -0.270. The van der Waals surface area contributed by atoms with Crippen molar-refractivity contribution in [1.82, 2.24) is 0 Å². The standard InChI is InChI=1S/3BH3.3FH/h3*1H3;3*1H. The molecule has 0 aromatic heterocycles. The van der Waals surface area contributed by atoms with Gasteiger partial charge in [-0.25, -0.2) is 0 Å². The van der Waals surface area contributed by atoms with Crippen LogP contribution in [0.2, 0.25) is 0 Å². The zero-order chi connectivity index (χ0) is 0. The van der Waals surface area contributed by atoms with Crippen LogP contribution < -0.4 is 0 Å². The Morgan fingerprint density at radius 2 is 0.333 bits per heavy atom. The third kappa shape index (κ3) is 154000. The van der Waals surface area contributed by atoms with Crippen LogP contribution in [0, 0.1) is 0 Å². The molecule has 6 heteroatoms. The maximum Gasteiger partial charge on any atom is 0.0814 e. The lowest BCUT2D eigenvalue weighted by atomic mass is 10.8. The Hall–Kier alpha value is -0.0152. The summed E-state index contributed by atoms with van der Waals surface area (Å²) in [6.07, 6.45) is 0. The van der Waals surface area contributed by atoms with E-state index in [1.165, 1.54) is 0 Å². The highest BCUT2D eigenvalue weighted by molar-refractivity contribution is 5.76. The van der Waals surface area contributed by atoms with Gasteiger partial charge in [-0.3, -0.25) is 14.1 Å². The number of rotatable bonds is 0. The van der Waals surface area contributed by atoms with Crippen LogP contribution >= 0.6 is 0 Å². The molecule has 0 aromatic carbocycles. The summed E-state index contributed by atoms with van der Waals surface area (Å²) in [6, 6.07) is 0. The van der Waals surface area contributed by atoms with Crippen molar-refractivity contribution >= 4 is 25.2 Å². The van der Waals surface area contributed by atoms with Gasteiger partial charge >= 0.3 is 0 Å². The van der Waals surface area contributed by atoms with Crippen LogP contribution in [-0.2, 0) is 0 Å². The summed E-state index contributed by atoms with van der Waals surface area (Å²) >= 11 is 0. The molecule has 0 atom stereocenters. The molecular weight excluding hydrogens is 89.4 g/mol. The lowest BCUT2D eigenvalue weighted by molar-refractivity contribution is 1.11. The number of hydrogen-bond donors (Lipinski definition) is 0. The fraction of sp³-hybridized carbons (Fsp3) is 0. The second-order valence-electron chi connectivity index (χ2n) is 0. The Morgan fingerprint density at radius 1 is 0.333 bits per heavy atom. The van der Waals surface area contributed by atoms with Crippen LogP contribution in [-0.4, -0.2) is 25.2 Å². The maximum absolute atomic E-state index is 0. The van der Waals surface area contributed by atoms with Crippen LogP contribution in [0.4, 0.5) is 14.1 Å². The summed E-state index contributed by atoms with van der Waals surface area (Å²) in [4.78, 5) is 0. The third-order valence-corrected chi connectivity index (χ3v) is 0. The first kappa shape index (κ1) is 644000. The van der Waals surface area contributed by atoms with E-state index in [0.717, 1.165) is 0 Å². The zero-order valence-electron chi connectivity index (χ0n) is 1.22. The van der Waals surface area contributed by atoms with E-state index in [9.17, 15) is 0 Å². The molecular formula is H12B3F3. The molecule has 0 aromatic rings. The fourth-order valence-electron chi connectivity index (χ4n) is 0. The summed E-state index contributed by atoms with van der Waals surface area (Å²) in [5.74, 6) is 0. The molecule has 0 saturated heterocycles. The Bertz CT molecular complexity index is 6.00. The van der Waals surface area contributed by atoms with Gasteiger partial charge in [-0.05, 0) is 0 Å². The van der Waals surface area contributed by atoms with Gasteiger partial charge in [0.2, 0.25) is 0 Å². The van der Waals surface area contributed by atoms with E-state index in [-0.39, 0.29) is 39.4 Å². The van der Waals surface area contributed by atoms with E-state index < -0.39 is 0 Å². The monoisotopic (exact) mass is 102 g/mol. The minimum atomic E-state index is 0. The van der Waals surface area contributed by atoms with E-state index >= 15 is 0 Å². The summed E-state index contributed by atoms with van der Waals surface area (Å²) < 4.78 is 0. The molecule has 0 unspecified atom stereocenters. The van der Waals surface area contributed by atoms with E-state index in [4.69, 9.17) is 0 Å². The fourth-order valence-corrected chi connectivity index (χ4v) is 0. The van der Waals surface area contributed by atoms with Crippen molar-refractivity contribution in [1.29, 1.82) is 0 Å². The van der Waals surface area contributed by atoms with Crippen molar-refractivity contribution in [2.75, 3.05) is 0 Å². The second-order valence-corrected chi connectivity index (χ2v) is 0. The summed E-state index contributed by atoms with van der Waals surface area (Å²) in [7, 11) is 0. The van der Waals surface area contributed by atoms with E-state index in [1.807, 2.05) is 0 Å². The van der Waals surface area contributed by atoms with Crippen molar-refractivity contribution in [2.45, 2.75) is 0 Å². The molecule has 0 rings (SSSR count). The van der Waals surface area contributed by atoms with E-state index in [0.29, 0.717) is 0 Å². The van der Waals surface area contributed by atoms with Gasteiger partial charge in [-0.15, -0.1) is 0 Å². The molecule has 0 bridgehead atoms. The topological polar surface area (TPSA) is 0 Å². The first-order valence-electron chi connectivity index (χ1n) is 0. The van der Waals surface area contributed by atoms with Crippen molar-refractivity contribution in [3.63, 3.8) is 0 Å². The Kier molecular flexibility index (Phi) is 36800000000. The first-order chi connectivity index (χ1) is 0. The van der Waals surface area contributed by atoms with Crippen molar-refractivity contribution < 1.29 is 14.1 Å². The van der Waals surface area contributed by atoms with Gasteiger partial charge in [0.15, 0.2) is 0 Å². The van der Waals surface area contributed by atoms with Crippen LogP contribution in [0.3, 0.4) is 0 Å². The summed E-state index contributed by atoms with van der Waals surface area (Å²) in [6.45, 7) is 0. The molecule has 0 heterocycles. The molecule has 0 radical (unpaired) electrons. The lowest BCUT2D eigenvalue weighted by Crippen LogP contribution is -0.382. The molecule has 6 heavy (non-hydrogen) atoms. The largest absolute Gasteiger partial charge is 0.269 e. The Balaban J connectivity index is 0. The number of halogens is 3. The van der Waals surface area contributed by atoms with E-state index in [1.54, 1.807) is 0 Å². The normalized spacial score (nSPS) is 0. The average molecular weight is 102 g/mol. The second kappa shape index (κ2) is 343000. The number of hydrogen-bond acceptors (Lipinski definition) is 0. The summed E-state index contributed by atoms with van der Waals surface area (Å²) in [5.41, 5.74) is 0. The highest BCUT2D eigenvalue weighted by atomic mass is 19.0. The van der Waals surface area contributed by atoms with Gasteiger partial charge in [-0.2, -0.15) is 0 Å². The van der Waals surface area contributed by atoms with Crippen molar-refractivity contribution in [2.24, 2.45) is 0 Å². The van der Waals surface area contributed by atoms with Crippen LogP contribution in [0.15, 0.2) is 0 Å². The van der Waals surface area contributed by atoms with Gasteiger partial charge in [-0.1, -0.05) is 0 Å². The molecule has 42 valence electrons. The molecule has 0 aliphatic heterocycles.